The minimum Gasteiger partial charge on any atom is -0.481 e. The van der Waals surface area contributed by atoms with Gasteiger partial charge in [0.25, 0.3) is 5.92 Å². The Kier molecular flexibility index (Phi) is 2.66. The zero-order chi connectivity index (χ0) is 10.1. The van der Waals surface area contributed by atoms with Crippen molar-refractivity contribution in [2.45, 2.75) is 12.8 Å². The first-order chi connectivity index (χ1) is 5.93. The maximum absolute atomic E-state index is 12.7. The fourth-order valence-corrected chi connectivity index (χ4v) is 0.901. The fraction of sp³-hybridized carbons (Fsp3) is 0.429. The third kappa shape index (κ3) is 2.48. The number of halogens is 3. The van der Waals surface area contributed by atoms with E-state index in [2.05, 4.69) is 14.7 Å². The van der Waals surface area contributed by atoms with Crippen molar-refractivity contribution in [3.8, 4) is 5.88 Å². The van der Waals surface area contributed by atoms with Crippen LogP contribution in [0.1, 0.15) is 12.6 Å². The molecule has 0 atom stereocenters. The van der Waals surface area contributed by atoms with Crippen molar-refractivity contribution >= 4 is 11.6 Å². The number of rotatable bonds is 2. The number of methoxy groups -OCH3 is 1. The van der Waals surface area contributed by atoms with Crippen LogP contribution in [-0.4, -0.2) is 17.1 Å². The second-order valence-electron chi connectivity index (χ2n) is 2.45. The lowest BCUT2D eigenvalue weighted by atomic mass is 10.2. The standard InChI is InChI=1S/C7H7ClF2N2O/c1-7(9,10)4-3-5(13-2)12-6(8)11-4/h3H,1-2H3. The van der Waals surface area contributed by atoms with E-state index in [0.717, 1.165) is 13.0 Å². The first kappa shape index (κ1) is 10.1. The average Bonchev–Trinajstić information content (AvgIpc) is 2.01. The van der Waals surface area contributed by atoms with E-state index >= 15 is 0 Å². The third-order valence-electron chi connectivity index (χ3n) is 1.33. The second kappa shape index (κ2) is 3.41. The molecule has 0 aliphatic carbocycles. The van der Waals surface area contributed by atoms with Gasteiger partial charge in [0, 0.05) is 13.0 Å². The molecule has 6 heteroatoms. The Labute approximate surface area is 78.7 Å². The summed E-state index contributed by atoms with van der Waals surface area (Å²) in [6.07, 6.45) is 0. The number of nitrogens with zero attached hydrogens (tertiary/aromatic N) is 2. The lowest BCUT2D eigenvalue weighted by Crippen LogP contribution is -2.10. The monoisotopic (exact) mass is 208 g/mol. The molecule has 1 aromatic rings. The highest BCUT2D eigenvalue weighted by Crippen LogP contribution is 2.27. The fourth-order valence-electron chi connectivity index (χ4n) is 0.726. The van der Waals surface area contributed by atoms with Crippen LogP contribution in [0.4, 0.5) is 8.78 Å². The summed E-state index contributed by atoms with van der Waals surface area (Å²) < 4.78 is 30.2. The highest BCUT2D eigenvalue weighted by Gasteiger charge is 2.27. The first-order valence-electron chi connectivity index (χ1n) is 3.40. The van der Waals surface area contributed by atoms with Crippen LogP contribution in [0.5, 0.6) is 5.88 Å². The van der Waals surface area contributed by atoms with E-state index < -0.39 is 11.6 Å². The predicted octanol–water partition coefficient (Wildman–Crippen LogP) is 2.25. The summed E-state index contributed by atoms with van der Waals surface area (Å²) in [6.45, 7) is 0.727. The molecule has 0 radical (unpaired) electrons. The maximum Gasteiger partial charge on any atom is 0.287 e. The summed E-state index contributed by atoms with van der Waals surface area (Å²) >= 11 is 5.40. The van der Waals surface area contributed by atoms with E-state index in [1.165, 1.54) is 7.11 Å². The van der Waals surface area contributed by atoms with Crippen LogP contribution in [0, 0.1) is 0 Å². The largest absolute Gasteiger partial charge is 0.481 e. The summed E-state index contributed by atoms with van der Waals surface area (Å²) in [7, 11) is 1.32. The van der Waals surface area contributed by atoms with Gasteiger partial charge in [0.2, 0.25) is 11.2 Å². The molecule has 0 amide bonds. The third-order valence-corrected chi connectivity index (χ3v) is 1.50. The van der Waals surface area contributed by atoms with E-state index in [9.17, 15) is 8.78 Å². The van der Waals surface area contributed by atoms with Crippen molar-refractivity contribution in [3.05, 3.63) is 17.0 Å². The molecule has 1 rings (SSSR count). The SMILES string of the molecule is COc1cc(C(C)(F)F)nc(Cl)n1. The number of hydrogen-bond acceptors (Lipinski definition) is 3. The minimum absolute atomic E-state index is 0.0246. The predicted molar refractivity (Wildman–Crippen MR) is 43.2 cm³/mol. The van der Waals surface area contributed by atoms with Crippen LogP contribution in [0.2, 0.25) is 5.28 Å². The van der Waals surface area contributed by atoms with Gasteiger partial charge in [-0.25, -0.2) is 4.98 Å². The van der Waals surface area contributed by atoms with Crippen LogP contribution < -0.4 is 4.74 Å². The van der Waals surface area contributed by atoms with Crippen molar-refractivity contribution in [1.29, 1.82) is 0 Å². The van der Waals surface area contributed by atoms with Gasteiger partial charge in [-0.3, -0.25) is 0 Å². The van der Waals surface area contributed by atoms with Crippen molar-refractivity contribution in [3.63, 3.8) is 0 Å². The highest BCUT2D eigenvalue weighted by molar-refractivity contribution is 6.28. The van der Waals surface area contributed by atoms with Gasteiger partial charge in [-0.1, -0.05) is 0 Å². The van der Waals surface area contributed by atoms with Gasteiger partial charge >= 0.3 is 0 Å². The Morgan fingerprint density at radius 2 is 2.08 bits per heavy atom. The maximum atomic E-state index is 12.7. The topological polar surface area (TPSA) is 35.0 Å². The molecule has 3 nitrogen and oxygen atoms in total. The quantitative estimate of drug-likeness (QED) is 0.700. The second-order valence-corrected chi connectivity index (χ2v) is 2.79. The summed E-state index contributed by atoms with van der Waals surface area (Å²) in [6, 6.07) is 1.05. The summed E-state index contributed by atoms with van der Waals surface area (Å²) in [4.78, 5) is 6.94. The van der Waals surface area contributed by atoms with Gasteiger partial charge in [0.1, 0.15) is 5.69 Å². The molecule has 1 aromatic heterocycles. The highest BCUT2D eigenvalue weighted by atomic mass is 35.5. The molecule has 0 fully saturated rings. The molecule has 0 N–H and O–H groups in total. The Bertz CT molecular complexity index is 314. The lowest BCUT2D eigenvalue weighted by molar-refractivity contribution is 0.0123. The smallest absolute Gasteiger partial charge is 0.287 e. The molecule has 0 saturated carbocycles. The summed E-state index contributed by atoms with van der Waals surface area (Å²) in [5, 5.41) is -0.254. The van der Waals surface area contributed by atoms with Gasteiger partial charge in [-0.15, -0.1) is 0 Å². The number of hydrogen-bond donors (Lipinski definition) is 0. The summed E-state index contributed by atoms with van der Waals surface area (Å²) in [5.41, 5.74) is -0.454. The zero-order valence-corrected chi connectivity index (χ0v) is 7.77. The Hall–Kier alpha value is -0.970. The number of ether oxygens (including phenoxy) is 1. The van der Waals surface area contributed by atoms with E-state index in [-0.39, 0.29) is 11.2 Å². The van der Waals surface area contributed by atoms with E-state index in [1.54, 1.807) is 0 Å². The van der Waals surface area contributed by atoms with Gasteiger partial charge in [0.15, 0.2) is 0 Å². The number of aromatic nitrogens is 2. The van der Waals surface area contributed by atoms with Crippen LogP contribution in [0.15, 0.2) is 6.07 Å². The Morgan fingerprint density at radius 1 is 1.46 bits per heavy atom. The lowest BCUT2D eigenvalue weighted by Gasteiger charge is -2.10. The molecular formula is C7H7ClF2N2O. The molecule has 0 spiro atoms. The number of alkyl halides is 2. The van der Waals surface area contributed by atoms with Gasteiger partial charge < -0.3 is 4.74 Å². The molecule has 72 valence electrons. The van der Waals surface area contributed by atoms with E-state index in [0.29, 0.717) is 0 Å². The van der Waals surface area contributed by atoms with Gasteiger partial charge in [-0.2, -0.15) is 13.8 Å². The van der Waals surface area contributed by atoms with Crippen LogP contribution in [0.3, 0.4) is 0 Å². The normalized spacial score (nSPS) is 11.5. The van der Waals surface area contributed by atoms with E-state index in [1.807, 2.05) is 0 Å². The average molecular weight is 209 g/mol. The zero-order valence-electron chi connectivity index (χ0n) is 7.01. The Balaban J connectivity index is 3.16. The van der Waals surface area contributed by atoms with Crippen LogP contribution in [-0.2, 0) is 5.92 Å². The summed E-state index contributed by atoms with van der Waals surface area (Å²) in [5.74, 6) is -3.02. The minimum atomic E-state index is -3.04. The van der Waals surface area contributed by atoms with Gasteiger partial charge in [0.05, 0.1) is 7.11 Å². The molecule has 13 heavy (non-hydrogen) atoms. The van der Waals surface area contributed by atoms with Crippen LogP contribution in [0.25, 0.3) is 0 Å². The Morgan fingerprint density at radius 3 is 2.54 bits per heavy atom. The van der Waals surface area contributed by atoms with E-state index in [4.69, 9.17) is 11.6 Å². The molecule has 0 bridgehead atoms. The van der Waals surface area contributed by atoms with Crippen molar-refractivity contribution in [1.82, 2.24) is 9.97 Å². The molecule has 0 unspecified atom stereocenters. The van der Waals surface area contributed by atoms with Crippen molar-refractivity contribution in [2.24, 2.45) is 0 Å². The molecule has 0 aromatic carbocycles. The molecule has 0 aliphatic heterocycles. The first-order valence-corrected chi connectivity index (χ1v) is 3.78. The molecule has 0 aliphatic rings. The van der Waals surface area contributed by atoms with Gasteiger partial charge in [-0.05, 0) is 11.6 Å². The van der Waals surface area contributed by atoms with Crippen LogP contribution >= 0.6 is 11.6 Å². The molecule has 1 heterocycles. The molecular weight excluding hydrogens is 202 g/mol. The van der Waals surface area contributed by atoms with Crippen molar-refractivity contribution < 1.29 is 13.5 Å². The van der Waals surface area contributed by atoms with Crippen molar-refractivity contribution in [2.75, 3.05) is 7.11 Å². The molecule has 0 saturated heterocycles.